The highest BCUT2D eigenvalue weighted by Gasteiger charge is 2.42. The van der Waals surface area contributed by atoms with Gasteiger partial charge in [-0.05, 0) is 77.7 Å². The highest BCUT2D eigenvalue weighted by atomic mass is 16.5. The molecule has 160 valence electrons. The first-order valence-electron chi connectivity index (χ1n) is 11.4. The van der Waals surface area contributed by atoms with E-state index < -0.39 is 0 Å². The number of carbonyl (C=O) groups is 1. The Kier molecular flexibility index (Phi) is 6.16. The maximum Gasteiger partial charge on any atom is 0.237 e. The van der Waals surface area contributed by atoms with Gasteiger partial charge in [0.2, 0.25) is 5.91 Å². The molecule has 1 aromatic rings. The molecule has 0 radical (unpaired) electrons. The van der Waals surface area contributed by atoms with Crippen molar-refractivity contribution in [1.29, 1.82) is 0 Å². The lowest BCUT2D eigenvalue weighted by atomic mass is 9.81. The molecule has 1 aromatic carbocycles. The molecule has 2 heterocycles. The van der Waals surface area contributed by atoms with Crippen LogP contribution in [-0.4, -0.2) is 72.5 Å². The summed E-state index contributed by atoms with van der Waals surface area (Å²) in [5, 5.41) is 0. The van der Waals surface area contributed by atoms with Crippen LogP contribution in [0.4, 0.5) is 0 Å². The number of para-hydroxylation sites is 1. The summed E-state index contributed by atoms with van der Waals surface area (Å²) in [7, 11) is 4.34. The molecule has 5 heteroatoms. The van der Waals surface area contributed by atoms with Gasteiger partial charge in [-0.15, -0.1) is 0 Å². The summed E-state index contributed by atoms with van der Waals surface area (Å²) in [6.45, 7) is 6.33. The predicted molar refractivity (Wildman–Crippen MR) is 116 cm³/mol. The van der Waals surface area contributed by atoms with Gasteiger partial charge in [-0.2, -0.15) is 0 Å². The van der Waals surface area contributed by atoms with Crippen LogP contribution in [0.15, 0.2) is 24.3 Å². The van der Waals surface area contributed by atoms with Crippen molar-refractivity contribution >= 4 is 5.91 Å². The first-order chi connectivity index (χ1) is 13.9. The molecule has 0 bridgehead atoms. The van der Waals surface area contributed by atoms with E-state index in [1.165, 1.54) is 12.8 Å². The molecule has 0 atom stereocenters. The topological polar surface area (TPSA) is 36.0 Å². The van der Waals surface area contributed by atoms with Gasteiger partial charge in [0.05, 0.1) is 13.1 Å². The number of piperidine rings is 1. The number of rotatable bonds is 3. The van der Waals surface area contributed by atoms with Crippen molar-refractivity contribution in [1.82, 2.24) is 14.7 Å². The van der Waals surface area contributed by atoms with E-state index in [2.05, 4.69) is 53.9 Å². The Morgan fingerprint density at radius 2 is 1.83 bits per heavy atom. The Bertz CT molecular complexity index is 704. The van der Waals surface area contributed by atoms with Gasteiger partial charge in [-0.3, -0.25) is 9.69 Å². The van der Waals surface area contributed by atoms with Crippen molar-refractivity contribution in [3.05, 3.63) is 29.8 Å². The smallest absolute Gasteiger partial charge is 0.237 e. The molecule has 1 amide bonds. The molecular formula is C24H37N3O2. The van der Waals surface area contributed by atoms with Gasteiger partial charge in [-0.1, -0.05) is 25.1 Å². The molecule has 0 aromatic heterocycles. The van der Waals surface area contributed by atoms with E-state index in [0.717, 1.165) is 56.0 Å². The lowest BCUT2D eigenvalue weighted by Gasteiger charge is -2.43. The summed E-state index contributed by atoms with van der Waals surface area (Å²) < 4.78 is 6.67. The zero-order valence-corrected chi connectivity index (χ0v) is 18.4. The standard InChI is InChI=1S/C24H37N3O2/c1-19-10-14-26(15-11-19)17-23(28)27-16-20-6-4-5-7-22(20)29-24(18-27)12-8-21(9-13-24)25(2)3/h4-7,19,21H,8-18H2,1-3H3. The van der Waals surface area contributed by atoms with Gasteiger partial charge in [0, 0.05) is 18.2 Å². The quantitative estimate of drug-likeness (QED) is 0.781. The van der Waals surface area contributed by atoms with E-state index in [1.54, 1.807) is 0 Å². The fourth-order valence-corrected chi connectivity index (χ4v) is 5.20. The molecule has 1 saturated heterocycles. The van der Waals surface area contributed by atoms with Crippen LogP contribution in [0.2, 0.25) is 0 Å². The maximum atomic E-state index is 13.3. The second kappa shape index (κ2) is 8.65. The van der Waals surface area contributed by atoms with Gasteiger partial charge >= 0.3 is 0 Å². The molecule has 5 nitrogen and oxygen atoms in total. The second-order valence-electron chi connectivity index (χ2n) is 9.80. The SMILES string of the molecule is CC1CCN(CC(=O)N2Cc3ccccc3OC3(CCC(N(C)C)CC3)C2)CC1. The molecule has 3 aliphatic rings. The average Bonchev–Trinajstić information content (AvgIpc) is 2.86. The van der Waals surface area contributed by atoms with Crippen molar-refractivity contribution in [2.45, 2.75) is 63.6 Å². The highest BCUT2D eigenvalue weighted by Crippen LogP contribution is 2.39. The zero-order valence-electron chi connectivity index (χ0n) is 18.4. The van der Waals surface area contributed by atoms with Crippen LogP contribution >= 0.6 is 0 Å². The van der Waals surface area contributed by atoms with Crippen LogP contribution in [0.25, 0.3) is 0 Å². The van der Waals surface area contributed by atoms with E-state index >= 15 is 0 Å². The van der Waals surface area contributed by atoms with Gasteiger partial charge in [0.25, 0.3) is 0 Å². The normalized spacial score (nSPS) is 28.8. The third-order valence-electron chi connectivity index (χ3n) is 7.32. The fraction of sp³-hybridized carbons (Fsp3) is 0.708. The third kappa shape index (κ3) is 4.77. The van der Waals surface area contributed by atoms with Crippen LogP contribution < -0.4 is 4.74 Å². The molecule has 0 N–H and O–H groups in total. The van der Waals surface area contributed by atoms with Crippen molar-refractivity contribution < 1.29 is 9.53 Å². The molecule has 1 aliphatic carbocycles. The first kappa shape index (κ1) is 20.7. The fourth-order valence-electron chi connectivity index (χ4n) is 5.20. The van der Waals surface area contributed by atoms with E-state index in [9.17, 15) is 4.79 Å². The number of likely N-dealkylation sites (tertiary alicyclic amines) is 1. The molecule has 1 spiro atoms. The Balaban J connectivity index is 1.50. The van der Waals surface area contributed by atoms with Crippen LogP contribution in [0.3, 0.4) is 0 Å². The minimum atomic E-state index is -0.245. The minimum Gasteiger partial charge on any atom is -0.485 e. The van der Waals surface area contributed by atoms with Gasteiger partial charge in [0.15, 0.2) is 0 Å². The molecule has 2 aliphatic heterocycles. The summed E-state index contributed by atoms with van der Waals surface area (Å²) >= 11 is 0. The summed E-state index contributed by atoms with van der Waals surface area (Å²) in [4.78, 5) is 20.1. The number of amides is 1. The molecule has 29 heavy (non-hydrogen) atoms. The third-order valence-corrected chi connectivity index (χ3v) is 7.32. The monoisotopic (exact) mass is 399 g/mol. The van der Waals surface area contributed by atoms with Gasteiger partial charge in [-0.25, -0.2) is 0 Å². The van der Waals surface area contributed by atoms with Crippen molar-refractivity contribution in [3.8, 4) is 5.75 Å². The number of hydrogen-bond donors (Lipinski definition) is 0. The van der Waals surface area contributed by atoms with E-state index in [-0.39, 0.29) is 11.5 Å². The predicted octanol–water partition coefficient (Wildman–Crippen LogP) is 3.38. The van der Waals surface area contributed by atoms with Crippen LogP contribution in [0.5, 0.6) is 5.75 Å². The summed E-state index contributed by atoms with van der Waals surface area (Å²) in [6.07, 6.45) is 6.68. The number of carbonyl (C=O) groups excluding carboxylic acids is 1. The molecular weight excluding hydrogens is 362 g/mol. The number of ether oxygens (including phenoxy) is 1. The van der Waals surface area contributed by atoms with Crippen molar-refractivity contribution in [3.63, 3.8) is 0 Å². The minimum absolute atomic E-state index is 0.245. The molecule has 1 saturated carbocycles. The summed E-state index contributed by atoms with van der Waals surface area (Å²) in [5.41, 5.74) is 0.894. The Labute approximate surface area is 176 Å². The van der Waals surface area contributed by atoms with E-state index in [1.807, 2.05) is 6.07 Å². The number of benzene rings is 1. The Hall–Kier alpha value is -1.59. The van der Waals surface area contributed by atoms with E-state index in [4.69, 9.17) is 4.74 Å². The van der Waals surface area contributed by atoms with Crippen LogP contribution in [0.1, 0.15) is 51.0 Å². The summed E-state index contributed by atoms with van der Waals surface area (Å²) in [5.74, 6) is 2.02. The number of hydrogen-bond acceptors (Lipinski definition) is 4. The first-order valence-corrected chi connectivity index (χ1v) is 11.4. The maximum absolute atomic E-state index is 13.3. The lowest BCUT2D eigenvalue weighted by Crippen LogP contribution is -2.53. The largest absolute Gasteiger partial charge is 0.485 e. The molecule has 4 rings (SSSR count). The molecule has 2 fully saturated rings. The number of nitrogens with zero attached hydrogens (tertiary/aromatic N) is 3. The van der Waals surface area contributed by atoms with Crippen molar-refractivity contribution in [2.75, 3.05) is 40.3 Å². The second-order valence-corrected chi connectivity index (χ2v) is 9.80. The van der Waals surface area contributed by atoms with E-state index in [0.29, 0.717) is 25.7 Å². The highest BCUT2D eigenvalue weighted by molar-refractivity contribution is 5.78. The Morgan fingerprint density at radius 3 is 2.52 bits per heavy atom. The Morgan fingerprint density at radius 1 is 1.14 bits per heavy atom. The van der Waals surface area contributed by atoms with Crippen LogP contribution in [-0.2, 0) is 11.3 Å². The summed E-state index contributed by atoms with van der Waals surface area (Å²) in [6, 6.07) is 8.90. The lowest BCUT2D eigenvalue weighted by molar-refractivity contribution is -0.136. The average molecular weight is 400 g/mol. The van der Waals surface area contributed by atoms with Crippen LogP contribution in [0, 0.1) is 5.92 Å². The number of fused-ring (bicyclic) bond motifs is 1. The molecule has 0 unspecified atom stereocenters. The van der Waals surface area contributed by atoms with Gasteiger partial charge in [0.1, 0.15) is 11.4 Å². The van der Waals surface area contributed by atoms with Gasteiger partial charge < -0.3 is 14.5 Å². The van der Waals surface area contributed by atoms with Crippen molar-refractivity contribution in [2.24, 2.45) is 5.92 Å². The zero-order chi connectivity index (χ0) is 20.4.